The molecule has 2 rings (SSSR count). The summed E-state index contributed by atoms with van der Waals surface area (Å²) in [6.07, 6.45) is 3.14. The number of hydrogen-bond acceptors (Lipinski definition) is 4. The third-order valence-corrected chi connectivity index (χ3v) is 2.71. The zero-order valence-corrected chi connectivity index (χ0v) is 9.36. The Morgan fingerprint density at radius 2 is 2.00 bits per heavy atom. The number of rotatable bonds is 2. The molecular formula is C12H14FNO3. The van der Waals surface area contributed by atoms with Gasteiger partial charge in [-0.2, -0.15) is 0 Å². The van der Waals surface area contributed by atoms with Crippen LogP contribution in [0.1, 0.15) is 29.6 Å². The highest BCUT2D eigenvalue weighted by Gasteiger charge is 2.17. The largest absolute Gasteiger partial charge is 0.505 e. The van der Waals surface area contributed by atoms with Gasteiger partial charge in [-0.1, -0.05) is 6.42 Å². The number of phenols is 1. The van der Waals surface area contributed by atoms with Gasteiger partial charge in [0, 0.05) is 13.1 Å². The highest BCUT2D eigenvalue weighted by atomic mass is 19.1. The summed E-state index contributed by atoms with van der Waals surface area (Å²) in [6, 6.07) is 3.45. The molecule has 1 saturated heterocycles. The zero-order chi connectivity index (χ0) is 12.3. The molecule has 0 amide bonds. The van der Waals surface area contributed by atoms with Crippen LogP contribution >= 0.6 is 0 Å². The molecule has 0 radical (unpaired) electrons. The molecule has 1 N–H and O–H groups in total. The number of halogens is 1. The van der Waals surface area contributed by atoms with E-state index in [0.717, 1.165) is 31.4 Å². The van der Waals surface area contributed by atoms with Crippen LogP contribution in [0.2, 0.25) is 0 Å². The summed E-state index contributed by atoms with van der Waals surface area (Å²) in [5.74, 6) is -1.89. The van der Waals surface area contributed by atoms with E-state index in [1.54, 1.807) is 5.06 Å². The number of hydrogen-bond donors (Lipinski definition) is 1. The third kappa shape index (κ3) is 2.94. The highest BCUT2D eigenvalue weighted by Crippen LogP contribution is 2.17. The normalized spacial score (nSPS) is 16.8. The monoisotopic (exact) mass is 239 g/mol. The summed E-state index contributed by atoms with van der Waals surface area (Å²) in [7, 11) is 0. The fraction of sp³-hybridized carbons (Fsp3) is 0.417. The second kappa shape index (κ2) is 5.14. The lowest BCUT2D eigenvalue weighted by Crippen LogP contribution is -2.32. The van der Waals surface area contributed by atoms with Gasteiger partial charge in [-0.05, 0) is 31.0 Å². The molecule has 17 heavy (non-hydrogen) atoms. The number of hydroxylamine groups is 2. The van der Waals surface area contributed by atoms with Crippen molar-refractivity contribution in [2.24, 2.45) is 0 Å². The van der Waals surface area contributed by atoms with Crippen LogP contribution in [-0.2, 0) is 4.84 Å². The van der Waals surface area contributed by atoms with Crippen molar-refractivity contribution in [2.45, 2.75) is 19.3 Å². The van der Waals surface area contributed by atoms with Crippen LogP contribution in [0.15, 0.2) is 18.2 Å². The van der Waals surface area contributed by atoms with Crippen molar-refractivity contribution >= 4 is 5.97 Å². The number of carbonyl (C=O) groups is 1. The molecule has 92 valence electrons. The molecule has 1 aromatic carbocycles. The Kier molecular flexibility index (Phi) is 3.58. The average Bonchev–Trinajstić information content (AvgIpc) is 2.34. The van der Waals surface area contributed by atoms with Gasteiger partial charge in [-0.3, -0.25) is 0 Å². The standard InChI is InChI=1S/C12H14FNO3/c13-10-8-9(4-5-11(10)15)12(16)17-14-6-2-1-3-7-14/h4-5,8,15H,1-3,6-7H2. The fourth-order valence-corrected chi connectivity index (χ4v) is 1.76. The molecule has 0 aliphatic carbocycles. The predicted octanol–water partition coefficient (Wildman–Crippen LogP) is 2.09. The molecule has 1 fully saturated rings. The first-order chi connectivity index (χ1) is 8.16. The second-order valence-corrected chi connectivity index (χ2v) is 4.03. The summed E-state index contributed by atoms with van der Waals surface area (Å²) in [4.78, 5) is 16.8. The molecule has 0 unspecified atom stereocenters. The van der Waals surface area contributed by atoms with E-state index in [-0.39, 0.29) is 5.56 Å². The van der Waals surface area contributed by atoms with Crippen molar-refractivity contribution in [3.8, 4) is 5.75 Å². The molecule has 4 nitrogen and oxygen atoms in total. The second-order valence-electron chi connectivity index (χ2n) is 4.03. The number of aromatic hydroxyl groups is 1. The Bertz CT molecular complexity index is 416. The number of phenolic OH excluding ortho intramolecular Hbond substituents is 1. The summed E-state index contributed by atoms with van der Waals surface area (Å²) in [6.45, 7) is 1.43. The maximum Gasteiger partial charge on any atom is 0.357 e. The molecule has 1 aliphatic heterocycles. The van der Waals surface area contributed by atoms with Gasteiger partial charge in [-0.15, -0.1) is 5.06 Å². The van der Waals surface area contributed by atoms with Crippen molar-refractivity contribution in [3.05, 3.63) is 29.6 Å². The molecule has 1 aromatic rings. The van der Waals surface area contributed by atoms with Gasteiger partial charge in [0.15, 0.2) is 11.6 Å². The van der Waals surface area contributed by atoms with Crippen LogP contribution in [-0.4, -0.2) is 29.2 Å². The quantitative estimate of drug-likeness (QED) is 0.858. The molecule has 1 aliphatic rings. The van der Waals surface area contributed by atoms with Gasteiger partial charge < -0.3 is 9.94 Å². The molecule has 0 spiro atoms. The fourth-order valence-electron chi connectivity index (χ4n) is 1.76. The van der Waals surface area contributed by atoms with Crippen LogP contribution in [0.4, 0.5) is 4.39 Å². The van der Waals surface area contributed by atoms with Gasteiger partial charge in [0.25, 0.3) is 0 Å². The minimum absolute atomic E-state index is 0.103. The van der Waals surface area contributed by atoms with E-state index in [1.807, 2.05) is 0 Å². The Labute approximate surface area is 98.6 Å². The molecule has 0 bridgehead atoms. The van der Waals surface area contributed by atoms with Crippen molar-refractivity contribution in [1.29, 1.82) is 0 Å². The lowest BCUT2D eigenvalue weighted by atomic mass is 10.2. The van der Waals surface area contributed by atoms with Crippen LogP contribution in [0.25, 0.3) is 0 Å². The summed E-state index contributed by atoms with van der Waals surface area (Å²) >= 11 is 0. The smallest absolute Gasteiger partial charge is 0.357 e. The summed E-state index contributed by atoms with van der Waals surface area (Å²) < 4.78 is 13.0. The van der Waals surface area contributed by atoms with E-state index in [1.165, 1.54) is 6.07 Å². The molecule has 0 aromatic heterocycles. The lowest BCUT2D eigenvalue weighted by molar-refractivity contribution is -0.119. The summed E-state index contributed by atoms with van der Waals surface area (Å²) in [5.41, 5.74) is 0.103. The Balaban J connectivity index is 2.01. The molecular weight excluding hydrogens is 225 g/mol. The molecule has 5 heteroatoms. The minimum atomic E-state index is -0.821. The average molecular weight is 239 g/mol. The Morgan fingerprint density at radius 1 is 1.29 bits per heavy atom. The third-order valence-electron chi connectivity index (χ3n) is 2.71. The maximum atomic E-state index is 13.0. The van der Waals surface area contributed by atoms with Gasteiger partial charge in [0.2, 0.25) is 0 Å². The van der Waals surface area contributed by atoms with Crippen LogP contribution in [0.5, 0.6) is 5.75 Å². The van der Waals surface area contributed by atoms with E-state index < -0.39 is 17.5 Å². The molecule has 0 saturated carbocycles. The van der Waals surface area contributed by atoms with E-state index >= 15 is 0 Å². The summed E-state index contributed by atoms with van der Waals surface area (Å²) in [5, 5.41) is 10.6. The van der Waals surface area contributed by atoms with Gasteiger partial charge in [0.1, 0.15) is 0 Å². The van der Waals surface area contributed by atoms with Gasteiger partial charge in [-0.25, -0.2) is 9.18 Å². The number of benzene rings is 1. The van der Waals surface area contributed by atoms with Gasteiger partial charge >= 0.3 is 5.97 Å². The highest BCUT2D eigenvalue weighted by molar-refractivity contribution is 5.89. The SMILES string of the molecule is O=C(ON1CCCCC1)c1ccc(O)c(F)c1. The van der Waals surface area contributed by atoms with E-state index in [9.17, 15) is 9.18 Å². The Hall–Kier alpha value is -1.62. The van der Waals surface area contributed by atoms with Crippen LogP contribution in [0.3, 0.4) is 0 Å². The van der Waals surface area contributed by atoms with E-state index in [2.05, 4.69) is 0 Å². The van der Waals surface area contributed by atoms with Crippen LogP contribution in [0, 0.1) is 5.82 Å². The minimum Gasteiger partial charge on any atom is -0.505 e. The zero-order valence-electron chi connectivity index (χ0n) is 9.36. The van der Waals surface area contributed by atoms with E-state index in [4.69, 9.17) is 9.94 Å². The van der Waals surface area contributed by atoms with Gasteiger partial charge in [0.05, 0.1) is 5.56 Å². The molecule has 0 atom stereocenters. The predicted molar refractivity (Wildman–Crippen MR) is 58.9 cm³/mol. The van der Waals surface area contributed by atoms with Crippen molar-refractivity contribution in [1.82, 2.24) is 5.06 Å². The van der Waals surface area contributed by atoms with Crippen LogP contribution < -0.4 is 0 Å². The number of piperidine rings is 1. The number of carbonyl (C=O) groups excluding carboxylic acids is 1. The van der Waals surface area contributed by atoms with Crippen molar-refractivity contribution in [3.63, 3.8) is 0 Å². The number of nitrogens with zero attached hydrogens (tertiary/aromatic N) is 1. The first kappa shape index (κ1) is 11.9. The Morgan fingerprint density at radius 3 is 2.65 bits per heavy atom. The maximum absolute atomic E-state index is 13.0. The van der Waals surface area contributed by atoms with Crippen molar-refractivity contribution in [2.75, 3.05) is 13.1 Å². The lowest BCUT2D eigenvalue weighted by Gasteiger charge is -2.24. The van der Waals surface area contributed by atoms with Crippen molar-refractivity contribution < 1.29 is 19.1 Å². The first-order valence-electron chi connectivity index (χ1n) is 5.62. The topological polar surface area (TPSA) is 49.8 Å². The first-order valence-corrected chi connectivity index (χ1v) is 5.62. The molecule has 1 heterocycles. The van der Waals surface area contributed by atoms with E-state index in [0.29, 0.717) is 13.1 Å².